The maximum atomic E-state index is 11.0. The van der Waals surface area contributed by atoms with Crippen molar-refractivity contribution in [2.75, 3.05) is 32.8 Å². The van der Waals surface area contributed by atoms with Gasteiger partial charge >= 0.3 is 0 Å². The van der Waals surface area contributed by atoms with Gasteiger partial charge in [0.1, 0.15) is 0 Å². The second-order valence-corrected chi connectivity index (χ2v) is 6.40. The molecule has 1 atom stereocenters. The molecule has 20 heavy (non-hydrogen) atoms. The van der Waals surface area contributed by atoms with Crippen molar-refractivity contribution in [2.24, 2.45) is 5.92 Å². The monoisotopic (exact) mass is 282 g/mol. The highest BCUT2D eigenvalue weighted by Crippen LogP contribution is 2.23. The molecule has 1 aliphatic carbocycles. The zero-order valence-corrected chi connectivity index (χ0v) is 12.9. The number of hydrogen-bond acceptors (Lipinski definition) is 3. The normalized spacial score (nSPS) is 26.8. The van der Waals surface area contributed by atoms with Crippen LogP contribution in [0.2, 0.25) is 0 Å². The molecule has 1 aliphatic heterocycles. The van der Waals surface area contributed by atoms with Gasteiger partial charge in [-0.15, -0.1) is 0 Å². The van der Waals surface area contributed by atoms with Crippen molar-refractivity contribution in [2.45, 2.75) is 58.0 Å². The van der Waals surface area contributed by atoms with E-state index in [2.05, 4.69) is 10.2 Å². The molecule has 1 heterocycles. The maximum absolute atomic E-state index is 11.0. The molecular formula is C16H30N2O2. The quantitative estimate of drug-likeness (QED) is 0.859. The van der Waals surface area contributed by atoms with Gasteiger partial charge in [-0.25, -0.2) is 0 Å². The molecule has 0 radical (unpaired) electrons. The lowest BCUT2D eigenvalue weighted by molar-refractivity contribution is -0.120. The molecule has 1 saturated carbocycles. The highest BCUT2D eigenvalue weighted by atomic mass is 16.5. The lowest BCUT2D eigenvalue weighted by atomic mass is 9.90. The minimum atomic E-state index is 0.0331. The Bertz CT molecular complexity index is 288. The van der Waals surface area contributed by atoms with Crippen LogP contribution in [0.5, 0.6) is 0 Å². The fraction of sp³-hybridized carbons (Fsp3) is 0.938. The minimum absolute atomic E-state index is 0.0331. The number of hydrogen-bond donors (Lipinski definition) is 1. The topological polar surface area (TPSA) is 41.6 Å². The van der Waals surface area contributed by atoms with E-state index < -0.39 is 0 Å². The van der Waals surface area contributed by atoms with Crippen molar-refractivity contribution in [1.82, 2.24) is 10.2 Å². The Balaban J connectivity index is 1.72. The van der Waals surface area contributed by atoms with Gasteiger partial charge in [-0.2, -0.15) is 0 Å². The van der Waals surface area contributed by atoms with Crippen molar-refractivity contribution in [1.29, 1.82) is 0 Å². The summed E-state index contributed by atoms with van der Waals surface area (Å²) in [5.74, 6) is 0.903. The van der Waals surface area contributed by atoms with Crippen LogP contribution < -0.4 is 5.32 Å². The molecule has 1 N–H and O–H groups in total. The van der Waals surface area contributed by atoms with Gasteiger partial charge in [-0.3, -0.25) is 9.69 Å². The van der Waals surface area contributed by atoms with E-state index in [1.807, 2.05) is 0 Å². The first kappa shape index (κ1) is 15.8. The van der Waals surface area contributed by atoms with E-state index in [9.17, 15) is 4.79 Å². The Hall–Kier alpha value is -0.610. The summed E-state index contributed by atoms with van der Waals surface area (Å²) in [5, 5.41) is 2.87. The summed E-state index contributed by atoms with van der Waals surface area (Å²) >= 11 is 0. The third-order valence-corrected chi connectivity index (χ3v) is 4.54. The van der Waals surface area contributed by atoms with Gasteiger partial charge in [0.05, 0.1) is 12.7 Å². The van der Waals surface area contributed by atoms with Gasteiger partial charge in [0.15, 0.2) is 0 Å². The third-order valence-electron chi connectivity index (χ3n) is 4.54. The molecule has 116 valence electrons. The Morgan fingerprint density at radius 1 is 1.20 bits per heavy atom. The smallest absolute Gasteiger partial charge is 0.216 e. The van der Waals surface area contributed by atoms with Crippen LogP contribution in [0.1, 0.15) is 51.9 Å². The summed E-state index contributed by atoms with van der Waals surface area (Å²) < 4.78 is 5.74. The summed E-state index contributed by atoms with van der Waals surface area (Å²) in [6, 6.07) is 0. The first-order valence-electron chi connectivity index (χ1n) is 8.32. The lowest BCUT2D eigenvalue weighted by Crippen LogP contribution is -2.48. The second-order valence-electron chi connectivity index (χ2n) is 6.40. The van der Waals surface area contributed by atoms with Gasteiger partial charge in [-0.1, -0.05) is 32.1 Å². The van der Waals surface area contributed by atoms with E-state index in [0.29, 0.717) is 6.54 Å². The van der Waals surface area contributed by atoms with Crippen LogP contribution in [-0.2, 0) is 9.53 Å². The van der Waals surface area contributed by atoms with Crippen molar-refractivity contribution in [3.63, 3.8) is 0 Å². The van der Waals surface area contributed by atoms with E-state index in [1.165, 1.54) is 51.5 Å². The van der Waals surface area contributed by atoms with E-state index in [1.54, 1.807) is 6.92 Å². The fourth-order valence-corrected chi connectivity index (χ4v) is 3.42. The predicted octanol–water partition coefficient (Wildman–Crippen LogP) is 2.18. The summed E-state index contributed by atoms with van der Waals surface area (Å²) in [5.41, 5.74) is 0. The van der Waals surface area contributed by atoms with Crippen LogP contribution in [-0.4, -0.2) is 49.7 Å². The van der Waals surface area contributed by atoms with E-state index in [0.717, 1.165) is 25.6 Å². The molecule has 0 aromatic heterocycles. The average molecular weight is 282 g/mol. The molecule has 4 heteroatoms. The Kier molecular flexibility index (Phi) is 6.80. The Morgan fingerprint density at radius 3 is 2.60 bits per heavy atom. The van der Waals surface area contributed by atoms with Gasteiger partial charge < -0.3 is 10.1 Å². The molecule has 2 rings (SSSR count). The second kappa shape index (κ2) is 8.63. The van der Waals surface area contributed by atoms with Crippen LogP contribution in [0.15, 0.2) is 0 Å². The zero-order valence-electron chi connectivity index (χ0n) is 12.9. The lowest BCUT2D eigenvalue weighted by Gasteiger charge is -2.35. The summed E-state index contributed by atoms with van der Waals surface area (Å²) in [6.07, 6.45) is 10.1. The van der Waals surface area contributed by atoms with Crippen molar-refractivity contribution >= 4 is 5.91 Å². The minimum Gasteiger partial charge on any atom is -0.374 e. The number of nitrogens with one attached hydrogen (secondary N) is 1. The average Bonchev–Trinajstić information content (AvgIpc) is 2.40. The van der Waals surface area contributed by atoms with Crippen molar-refractivity contribution in [3.05, 3.63) is 0 Å². The molecule has 0 bridgehead atoms. The number of carbonyl (C=O) groups excluding carboxylic acids is 1. The number of nitrogens with zero attached hydrogens (tertiary/aromatic N) is 1. The molecule has 0 spiro atoms. The van der Waals surface area contributed by atoms with E-state index in [4.69, 9.17) is 4.74 Å². The van der Waals surface area contributed by atoms with Crippen molar-refractivity contribution in [3.8, 4) is 0 Å². The van der Waals surface area contributed by atoms with E-state index in [-0.39, 0.29) is 12.0 Å². The number of morpholine rings is 1. The number of ether oxygens (including phenoxy) is 1. The fourth-order valence-electron chi connectivity index (χ4n) is 3.42. The first-order valence-corrected chi connectivity index (χ1v) is 8.32. The number of amides is 1. The SMILES string of the molecule is CC(=O)NCC1CN(CC2CCCCCCC2)CCO1. The Morgan fingerprint density at radius 2 is 1.90 bits per heavy atom. The first-order chi connectivity index (χ1) is 9.74. The molecule has 1 amide bonds. The van der Waals surface area contributed by atoms with Gasteiger partial charge in [0, 0.05) is 33.1 Å². The standard InChI is InChI=1S/C16H30N2O2/c1-14(19)17-11-16-13-18(9-10-20-16)12-15-7-5-3-2-4-6-8-15/h15-16H,2-13H2,1H3,(H,17,19). The third kappa shape index (κ3) is 5.80. The summed E-state index contributed by atoms with van der Waals surface area (Å²) in [7, 11) is 0. The van der Waals surface area contributed by atoms with Crippen LogP contribution in [0, 0.1) is 5.92 Å². The predicted molar refractivity (Wildman–Crippen MR) is 80.7 cm³/mol. The number of carbonyl (C=O) groups is 1. The van der Waals surface area contributed by atoms with Crippen LogP contribution in [0.25, 0.3) is 0 Å². The van der Waals surface area contributed by atoms with Gasteiger partial charge in [0.25, 0.3) is 0 Å². The maximum Gasteiger partial charge on any atom is 0.216 e. The molecule has 0 aromatic carbocycles. The van der Waals surface area contributed by atoms with Crippen LogP contribution >= 0.6 is 0 Å². The molecule has 0 aromatic rings. The van der Waals surface area contributed by atoms with Gasteiger partial charge in [0.2, 0.25) is 5.91 Å². The molecule has 1 unspecified atom stereocenters. The van der Waals surface area contributed by atoms with Crippen LogP contribution in [0.3, 0.4) is 0 Å². The van der Waals surface area contributed by atoms with Gasteiger partial charge in [-0.05, 0) is 18.8 Å². The van der Waals surface area contributed by atoms with E-state index >= 15 is 0 Å². The zero-order chi connectivity index (χ0) is 14.2. The molecular weight excluding hydrogens is 252 g/mol. The van der Waals surface area contributed by atoms with Crippen LogP contribution in [0.4, 0.5) is 0 Å². The molecule has 4 nitrogen and oxygen atoms in total. The molecule has 2 aliphatic rings. The highest BCUT2D eigenvalue weighted by molar-refractivity contribution is 5.72. The highest BCUT2D eigenvalue weighted by Gasteiger charge is 2.23. The van der Waals surface area contributed by atoms with Crippen molar-refractivity contribution < 1.29 is 9.53 Å². The summed E-state index contributed by atoms with van der Waals surface area (Å²) in [6.45, 7) is 6.26. The summed E-state index contributed by atoms with van der Waals surface area (Å²) in [4.78, 5) is 13.5. The largest absolute Gasteiger partial charge is 0.374 e. The molecule has 2 fully saturated rings. The number of rotatable bonds is 4. The Labute approximate surface area is 123 Å². The molecule has 1 saturated heterocycles.